The number of aryl methyl sites for hydroxylation is 1. The van der Waals surface area contributed by atoms with Crippen LogP contribution in [0.5, 0.6) is 0 Å². The monoisotopic (exact) mass is 234 g/mol. The van der Waals surface area contributed by atoms with Gasteiger partial charge >= 0.3 is 0 Å². The van der Waals surface area contributed by atoms with Gasteiger partial charge in [-0.3, -0.25) is 4.79 Å². The lowest BCUT2D eigenvalue weighted by molar-refractivity contribution is -0.120. The molecule has 0 atom stereocenters. The van der Waals surface area contributed by atoms with Crippen LogP contribution in [0.25, 0.3) is 0 Å². The van der Waals surface area contributed by atoms with E-state index >= 15 is 0 Å². The molecule has 0 aliphatic carbocycles. The highest BCUT2D eigenvalue weighted by atomic mass is 16.1. The van der Waals surface area contributed by atoms with Crippen LogP contribution in [0.4, 0.5) is 0 Å². The molecule has 94 valence electrons. The minimum atomic E-state index is 0.0726. The number of nitrogens with two attached hydrogens (primary N) is 1. The summed E-state index contributed by atoms with van der Waals surface area (Å²) in [6.07, 6.45) is 1.32. The van der Waals surface area contributed by atoms with Gasteiger partial charge in [0.2, 0.25) is 5.91 Å². The first-order valence-electron chi connectivity index (χ1n) is 6.19. The molecule has 3 N–H and O–H groups in total. The normalized spacial score (nSPS) is 10.6. The summed E-state index contributed by atoms with van der Waals surface area (Å²) in [4.78, 5) is 11.4. The Morgan fingerprint density at radius 2 is 1.94 bits per heavy atom. The molecule has 3 heteroatoms. The van der Waals surface area contributed by atoms with Crippen LogP contribution in [0.15, 0.2) is 24.3 Å². The summed E-state index contributed by atoms with van der Waals surface area (Å²) in [5, 5.41) is 2.77. The minimum Gasteiger partial charge on any atom is -0.355 e. The predicted octanol–water partition coefficient (Wildman–Crippen LogP) is 1.82. The molecule has 0 bridgehead atoms. The van der Waals surface area contributed by atoms with Gasteiger partial charge in [0.25, 0.3) is 0 Å². The fourth-order valence-electron chi connectivity index (χ4n) is 1.63. The maximum Gasteiger partial charge on any atom is 0.220 e. The molecule has 0 spiro atoms. The highest BCUT2D eigenvalue weighted by molar-refractivity contribution is 5.76. The molecule has 0 aliphatic heterocycles. The van der Waals surface area contributed by atoms with Gasteiger partial charge in [-0.2, -0.15) is 0 Å². The van der Waals surface area contributed by atoms with E-state index in [0.29, 0.717) is 25.4 Å². The number of hydrogen-bond donors (Lipinski definition) is 2. The third-order valence-corrected chi connectivity index (χ3v) is 2.75. The molecule has 0 fully saturated rings. The molecular formula is C14H22N2O. The second-order valence-corrected chi connectivity index (χ2v) is 4.53. The Hall–Kier alpha value is -1.35. The number of amides is 1. The van der Waals surface area contributed by atoms with E-state index < -0.39 is 0 Å². The molecule has 1 aromatic rings. The molecule has 1 amide bonds. The van der Waals surface area contributed by atoms with Gasteiger partial charge in [-0.15, -0.1) is 0 Å². The van der Waals surface area contributed by atoms with Gasteiger partial charge in [0.15, 0.2) is 0 Å². The maximum atomic E-state index is 11.4. The van der Waals surface area contributed by atoms with E-state index in [1.54, 1.807) is 0 Å². The zero-order valence-corrected chi connectivity index (χ0v) is 10.7. The number of carbonyl (C=O) groups is 1. The Bertz CT molecular complexity index is 344. The number of benzene rings is 1. The number of hydrogen-bond acceptors (Lipinski definition) is 2. The summed E-state index contributed by atoms with van der Waals surface area (Å²) >= 11 is 0. The van der Waals surface area contributed by atoms with Crippen molar-refractivity contribution in [3.8, 4) is 0 Å². The van der Waals surface area contributed by atoms with Crippen molar-refractivity contribution in [3.63, 3.8) is 0 Å². The van der Waals surface area contributed by atoms with E-state index in [0.717, 1.165) is 6.42 Å². The van der Waals surface area contributed by atoms with E-state index in [-0.39, 0.29) is 5.91 Å². The van der Waals surface area contributed by atoms with Crippen molar-refractivity contribution >= 4 is 5.91 Å². The van der Waals surface area contributed by atoms with Gasteiger partial charge in [-0.05, 0) is 23.5 Å². The maximum absolute atomic E-state index is 11.4. The standard InChI is InChI=1S/C14H22N2O/c1-11(2)13-6-3-12(4-7-13)5-8-14(17)16-10-9-15/h3-4,6-7,11H,5,8-10,15H2,1-2H3,(H,16,17). The van der Waals surface area contributed by atoms with Crippen LogP contribution in [0, 0.1) is 0 Å². The third-order valence-electron chi connectivity index (χ3n) is 2.75. The zero-order valence-electron chi connectivity index (χ0n) is 10.7. The lowest BCUT2D eigenvalue weighted by atomic mass is 10.0. The second kappa shape index (κ2) is 7.07. The Kier molecular flexibility index (Phi) is 5.70. The van der Waals surface area contributed by atoms with Gasteiger partial charge in [0.1, 0.15) is 0 Å². The van der Waals surface area contributed by atoms with Crippen molar-refractivity contribution in [2.45, 2.75) is 32.6 Å². The highest BCUT2D eigenvalue weighted by Crippen LogP contribution is 2.15. The molecule has 0 radical (unpaired) electrons. The highest BCUT2D eigenvalue weighted by Gasteiger charge is 2.02. The summed E-state index contributed by atoms with van der Waals surface area (Å²) in [5.74, 6) is 0.625. The Balaban J connectivity index is 2.39. The summed E-state index contributed by atoms with van der Waals surface area (Å²) in [6, 6.07) is 8.48. The van der Waals surface area contributed by atoms with Crippen molar-refractivity contribution in [1.29, 1.82) is 0 Å². The van der Waals surface area contributed by atoms with Crippen LogP contribution < -0.4 is 11.1 Å². The van der Waals surface area contributed by atoms with Crippen LogP contribution in [0.1, 0.15) is 37.3 Å². The molecule has 3 nitrogen and oxygen atoms in total. The van der Waals surface area contributed by atoms with E-state index in [1.807, 2.05) is 0 Å². The van der Waals surface area contributed by atoms with Gasteiger partial charge in [0, 0.05) is 19.5 Å². The van der Waals surface area contributed by atoms with Gasteiger partial charge in [0.05, 0.1) is 0 Å². The fraction of sp³-hybridized carbons (Fsp3) is 0.500. The van der Waals surface area contributed by atoms with Crippen molar-refractivity contribution in [2.24, 2.45) is 5.73 Å². The largest absolute Gasteiger partial charge is 0.355 e. The first-order chi connectivity index (χ1) is 8.13. The number of rotatable bonds is 6. The van der Waals surface area contributed by atoms with Crippen LogP contribution in [0.2, 0.25) is 0 Å². The molecule has 0 saturated carbocycles. The summed E-state index contributed by atoms with van der Waals surface area (Å²) in [7, 11) is 0. The third kappa shape index (κ3) is 5.00. The molecular weight excluding hydrogens is 212 g/mol. The SMILES string of the molecule is CC(C)c1ccc(CCC(=O)NCCN)cc1. The van der Waals surface area contributed by atoms with Crippen LogP contribution in [-0.4, -0.2) is 19.0 Å². The van der Waals surface area contributed by atoms with Crippen molar-refractivity contribution in [2.75, 3.05) is 13.1 Å². The van der Waals surface area contributed by atoms with Crippen molar-refractivity contribution in [3.05, 3.63) is 35.4 Å². The lowest BCUT2D eigenvalue weighted by Crippen LogP contribution is -2.29. The van der Waals surface area contributed by atoms with E-state index in [2.05, 4.69) is 43.4 Å². The van der Waals surface area contributed by atoms with Crippen LogP contribution >= 0.6 is 0 Å². The van der Waals surface area contributed by atoms with Gasteiger partial charge in [-0.1, -0.05) is 38.1 Å². The van der Waals surface area contributed by atoms with Gasteiger partial charge in [-0.25, -0.2) is 0 Å². The summed E-state index contributed by atoms with van der Waals surface area (Å²) in [5.41, 5.74) is 7.85. The predicted molar refractivity (Wildman–Crippen MR) is 70.9 cm³/mol. The average Bonchev–Trinajstić information content (AvgIpc) is 2.34. The lowest BCUT2D eigenvalue weighted by Gasteiger charge is -2.07. The first-order valence-corrected chi connectivity index (χ1v) is 6.19. The van der Waals surface area contributed by atoms with E-state index in [1.165, 1.54) is 11.1 Å². The first kappa shape index (κ1) is 13.7. The summed E-state index contributed by atoms with van der Waals surface area (Å²) in [6.45, 7) is 5.41. The quantitative estimate of drug-likeness (QED) is 0.789. The van der Waals surface area contributed by atoms with Crippen molar-refractivity contribution < 1.29 is 4.79 Å². The van der Waals surface area contributed by atoms with Gasteiger partial charge < -0.3 is 11.1 Å². The molecule has 0 heterocycles. The molecule has 1 rings (SSSR count). The number of nitrogens with one attached hydrogen (secondary N) is 1. The fourth-order valence-corrected chi connectivity index (χ4v) is 1.63. The molecule has 1 aromatic carbocycles. The molecule has 17 heavy (non-hydrogen) atoms. The van der Waals surface area contributed by atoms with E-state index in [4.69, 9.17) is 5.73 Å². The molecule has 0 unspecified atom stereocenters. The van der Waals surface area contributed by atoms with E-state index in [9.17, 15) is 4.79 Å². The Morgan fingerprint density at radius 3 is 2.47 bits per heavy atom. The van der Waals surface area contributed by atoms with Crippen LogP contribution in [-0.2, 0) is 11.2 Å². The van der Waals surface area contributed by atoms with Crippen molar-refractivity contribution in [1.82, 2.24) is 5.32 Å². The smallest absolute Gasteiger partial charge is 0.220 e. The topological polar surface area (TPSA) is 55.1 Å². The van der Waals surface area contributed by atoms with Crippen LogP contribution in [0.3, 0.4) is 0 Å². The Morgan fingerprint density at radius 1 is 1.29 bits per heavy atom. The molecule has 0 saturated heterocycles. The summed E-state index contributed by atoms with van der Waals surface area (Å²) < 4.78 is 0. The second-order valence-electron chi connectivity index (χ2n) is 4.53. The minimum absolute atomic E-state index is 0.0726. The molecule has 0 aromatic heterocycles. The Labute approximate surface area is 103 Å². The number of carbonyl (C=O) groups excluding carboxylic acids is 1. The molecule has 0 aliphatic rings. The average molecular weight is 234 g/mol. The zero-order chi connectivity index (χ0) is 12.7.